The average molecular weight is 244 g/mol. The summed E-state index contributed by atoms with van der Waals surface area (Å²) in [5, 5.41) is 3.18. The van der Waals surface area contributed by atoms with Crippen molar-refractivity contribution in [2.24, 2.45) is 5.92 Å². The van der Waals surface area contributed by atoms with E-state index in [1.165, 1.54) is 6.07 Å². The van der Waals surface area contributed by atoms with Crippen molar-refractivity contribution >= 4 is 15.9 Å². The molecule has 0 atom stereocenters. The Morgan fingerprint density at radius 2 is 2.23 bits per heavy atom. The predicted octanol–water partition coefficient (Wildman–Crippen LogP) is 2.35. The first kappa shape index (κ1) is 9.16. The summed E-state index contributed by atoms with van der Waals surface area (Å²) in [5.74, 6) is 0.527. The SMILES string of the molecule is Fc1ccc(Br)cc1CC1CNC1. The Hall–Kier alpha value is -0.410. The summed E-state index contributed by atoms with van der Waals surface area (Å²) in [5.41, 5.74) is 0.820. The summed E-state index contributed by atoms with van der Waals surface area (Å²) >= 11 is 3.34. The van der Waals surface area contributed by atoms with Crippen LogP contribution in [0.4, 0.5) is 4.39 Å². The van der Waals surface area contributed by atoms with Crippen LogP contribution >= 0.6 is 15.9 Å². The van der Waals surface area contributed by atoms with Gasteiger partial charge in [0.2, 0.25) is 0 Å². The van der Waals surface area contributed by atoms with Crippen molar-refractivity contribution in [2.75, 3.05) is 13.1 Å². The van der Waals surface area contributed by atoms with Crippen LogP contribution in [-0.2, 0) is 6.42 Å². The zero-order valence-electron chi connectivity index (χ0n) is 7.19. The summed E-state index contributed by atoms with van der Waals surface area (Å²) < 4.78 is 14.2. The zero-order valence-corrected chi connectivity index (χ0v) is 8.77. The van der Waals surface area contributed by atoms with Crippen LogP contribution in [0.1, 0.15) is 5.56 Å². The quantitative estimate of drug-likeness (QED) is 0.842. The molecule has 1 saturated heterocycles. The molecule has 0 radical (unpaired) electrons. The summed E-state index contributed by atoms with van der Waals surface area (Å²) in [6.07, 6.45) is 0.846. The minimum absolute atomic E-state index is 0.0879. The highest BCUT2D eigenvalue weighted by Crippen LogP contribution is 2.19. The number of hydrogen-bond donors (Lipinski definition) is 1. The summed E-state index contributed by atoms with van der Waals surface area (Å²) in [4.78, 5) is 0. The molecule has 0 unspecified atom stereocenters. The Balaban J connectivity index is 2.13. The van der Waals surface area contributed by atoms with Gasteiger partial charge in [-0.25, -0.2) is 4.39 Å². The van der Waals surface area contributed by atoms with Gasteiger partial charge in [-0.2, -0.15) is 0 Å². The number of rotatable bonds is 2. The molecule has 0 aliphatic carbocycles. The molecule has 0 aromatic heterocycles. The molecule has 1 N–H and O–H groups in total. The van der Waals surface area contributed by atoms with E-state index in [0.717, 1.165) is 29.5 Å². The van der Waals surface area contributed by atoms with Crippen LogP contribution in [0, 0.1) is 11.7 Å². The maximum Gasteiger partial charge on any atom is 0.126 e. The van der Waals surface area contributed by atoms with Gasteiger partial charge in [-0.15, -0.1) is 0 Å². The van der Waals surface area contributed by atoms with Crippen molar-refractivity contribution in [3.63, 3.8) is 0 Å². The molecule has 0 amide bonds. The van der Waals surface area contributed by atoms with Crippen molar-refractivity contribution in [3.05, 3.63) is 34.1 Å². The van der Waals surface area contributed by atoms with E-state index in [4.69, 9.17) is 0 Å². The van der Waals surface area contributed by atoms with Gasteiger partial charge < -0.3 is 5.32 Å². The van der Waals surface area contributed by atoms with Crippen molar-refractivity contribution < 1.29 is 4.39 Å². The molecule has 0 bridgehead atoms. The Bertz CT molecular complexity index is 310. The highest BCUT2D eigenvalue weighted by atomic mass is 79.9. The maximum atomic E-state index is 13.2. The van der Waals surface area contributed by atoms with E-state index in [2.05, 4.69) is 21.2 Å². The van der Waals surface area contributed by atoms with Crippen molar-refractivity contribution in [3.8, 4) is 0 Å². The summed E-state index contributed by atoms with van der Waals surface area (Å²) in [7, 11) is 0. The van der Waals surface area contributed by atoms with E-state index < -0.39 is 0 Å². The first-order valence-corrected chi connectivity index (χ1v) is 5.19. The van der Waals surface area contributed by atoms with Crippen LogP contribution in [0.2, 0.25) is 0 Å². The van der Waals surface area contributed by atoms with Gasteiger partial charge in [-0.05, 0) is 49.2 Å². The molecule has 0 saturated carbocycles. The average Bonchev–Trinajstić information content (AvgIpc) is 2.03. The first-order chi connectivity index (χ1) is 6.25. The topological polar surface area (TPSA) is 12.0 Å². The van der Waals surface area contributed by atoms with Gasteiger partial charge in [0.25, 0.3) is 0 Å². The molecular weight excluding hydrogens is 233 g/mol. The molecule has 70 valence electrons. The Morgan fingerprint density at radius 1 is 1.46 bits per heavy atom. The van der Waals surface area contributed by atoms with Gasteiger partial charge in [0.05, 0.1) is 0 Å². The van der Waals surface area contributed by atoms with E-state index in [1.54, 1.807) is 6.07 Å². The molecule has 0 spiro atoms. The zero-order chi connectivity index (χ0) is 9.26. The number of halogens is 2. The van der Waals surface area contributed by atoms with E-state index in [-0.39, 0.29) is 5.82 Å². The van der Waals surface area contributed by atoms with Crippen LogP contribution in [0.25, 0.3) is 0 Å². The molecule has 1 aromatic carbocycles. The van der Waals surface area contributed by atoms with E-state index in [9.17, 15) is 4.39 Å². The highest BCUT2D eigenvalue weighted by Gasteiger charge is 2.18. The predicted molar refractivity (Wildman–Crippen MR) is 54.2 cm³/mol. The number of hydrogen-bond acceptors (Lipinski definition) is 1. The second-order valence-electron chi connectivity index (χ2n) is 3.46. The molecule has 2 rings (SSSR count). The van der Waals surface area contributed by atoms with Gasteiger partial charge in [-0.1, -0.05) is 15.9 Å². The first-order valence-electron chi connectivity index (χ1n) is 4.40. The molecular formula is C10H11BrFN. The molecule has 13 heavy (non-hydrogen) atoms. The third-order valence-electron chi connectivity index (χ3n) is 2.38. The Labute approximate surface area is 85.5 Å². The Kier molecular flexibility index (Phi) is 2.65. The van der Waals surface area contributed by atoms with Crippen LogP contribution < -0.4 is 5.32 Å². The monoisotopic (exact) mass is 243 g/mol. The smallest absolute Gasteiger partial charge is 0.126 e. The third kappa shape index (κ3) is 2.09. The lowest BCUT2D eigenvalue weighted by Gasteiger charge is -2.27. The minimum atomic E-state index is -0.0879. The molecule has 1 aromatic rings. The fraction of sp³-hybridized carbons (Fsp3) is 0.400. The summed E-state index contributed by atoms with van der Waals surface area (Å²) in [6, 6.07) is 5.12. The minimum Gasteiger partial charge on any atom is -0.316 e. The lowest BCUT2D eigenvalue weighted by atomic mass is 9.94. The normalized spacial score (nSPS) is 17.1. The highest BCUT2D eigenvalue weighted by molar-refractivity contribution is 9.10. The van der Waals surface area contributed by atoms with Crippen molar-refractivity contribution in [2.45, 2.75) is 6.42 Å². The van der Waals surface area contributed by atoms with Gasteiger partial charge in [-0.3, -0.25) is 0 Å². The van der Waals surface area contributed by atoms with E-state index in [0.29, 0.717) is 5.92 Å². The van der Waals surface area contributed by atoms with Gasteiger partial charge in [0, 0.05) is 4.47 Å². The van der Waals surface area contributed by atoms with Crippen LogP contribution in [0.5, 0.6) is 0 Å². The second-order valence-corrected chi connectivity index (χ2v) is 4.38. The number of nitrogens with one attached hydrogen (secondary N) is 1. The number of benzene rings is 1. The summed E-state index contributed by atoms with van der Waals surface area (Å²) in [6.45, 7) is 2.04. The standard InChI is InChI=1S/C10H11BrFN/c11-9-1-2-10(12)8(4-9)3-7-5-13-6-7/h1-2,4,7,13H,3,5-6H2. The lowest BCUT2D eigenvalue weighted by Crippen LogP contribution is -2.43. The lowest BCUT2D eigenvalue weighted by molar-refractivity contribution is 0.342. The van der Waals surface area contributed by atoms with Gasteiger partial charge in [0.15, 0.2) is 0 Å². The molecule has 1 nitrogen and oxygen atoms in total. The Morgan fingerprint density at radius 3 is 2.85 bits per heavy atom. The molecule has 1 heterocycles. The second kappa shape index (κ2) is 3.76. The van der Waals surface area contributed by atoms with Crippen molar-refractivity contribution in [1.82, 2.24) is 5.32 Å². The third-order valence-corrected chi connectivity index (χ3v) is 2.88. The van der Waals surface area contributed by atoms with Gasteiger partial charge >= 0.3 is 0 Å². The van der Waals surface area contributed by atoms with Crippen LogP contribution in [0.15, 0.2) is 22.7 Å². The van der Waals surface area contributed by atoms with Crippen LogP contribution in [-0.4, -0.2) is 13.1 Å². The van der Waals surface area contributed by atoms with E-state index >= 15 is 0 Å². The van der Waals surface area contributed by atoms with E-state index in [1.807, 2.05) is 6.07 Å². The molecule has 3 heteroatoms. The molecule has 1 fully saturated rings. The molecule has 1 aliphatic rings. The largest absolute Gasteiger partial charge is 0.316 e. The fourth-order valence-electron chi connectivity index (χ4n) is 1.50. The van der Waals surface area contributed by atoms with Gasteiger partial charge in [0.1, 0.15) is 5.82 Å². The van der Waals surface area contributed by atoms with Crippen molar-refractivity contribution in [1.29, 1.82) is 0 Å². The van der Waals surface area contributed by atoms with Crippen LogP contribution in [0.3, 0.4) is 0 Å². The molecule has 1 aliphatic heterocycles. The maximum absolute atomic E-state index is 13.2. The fourth-order valence-corrected chi connectivity index (χ4v) is 1.91.